The fourth-order valence-corrected chi connectivity index (χ4v) is 8.48. The highest BCUT2D eigenvalue weighted by atomic mass is 16.5. The lowest BCUT2D eigenvalue weighted by atomic mass is 9.92. The summed E-state index contributed by atoms with van der Waals surface area (Å²) in [6.45, 7) is 22.2. The van der Waals surface area contributed by atoms with Crippen molar-refractivity contribution in [2.45, 2.75) is 65.3 Å². The Morgan fingerprint density at radius 1 is 0.811 bits per heavy atom. The zero-order valence-electron chi connectivity index (χ0n) is 45.7. The number of benzene rings is 4. The quantitative estimate of drug-likeness (QED) is 0.0121. The summed E-state index contributed by atoms with van der Waals surface area (Å²) in [6, 6.07) is 26.6. The predicted molar refractivity (Wildman–Crippen MR) is 302 cm³/mol. The Balaban J connectivity index is 1.32. The molecule has 74 heavy (non-hydrogen) atoms. The lowest BCUT2D eigenvalue weighted by molar-refractivity contribution is -0.539. The van der Waals surface area contributed by atoms with Crippen molar-refractivity contribution in [1.29, 1.82) is 0 Å². The van der Waals surface area contributed by atoms with Gasteiger partial charge in [0.15, 0.2) is 11.3 Å². The van der Waals surface area contributed by atoms with Gasteiger partial charge in [-0.25, -0.2) is 15.0 Å². The summed E-state index contributed by atoms with van der Waals surface area (Å²) in [6.07, 6.45) is 12.2. The van der Waals surface area contributed by atoms with Crippen molar-refractivity contribution in [2.24, 2.45) is 5.10 Å². The lowest BCUT2D eigenvalue weighted by Gasteiger charge is -2.36. The maximum absolute atomic E-state index is 13.8. The highest BCUT2D eigenvalue weighted by molar-refractivity contribution is 6.44. The van der Waals surface area contributed by atoms with Gasteiger partial charge < -0.3 is 49.1 Å². The molecule has 398 valence electrons. The van der Waals surface area contributed by atoms with Crippen molar-refractivity contribution in [2.75, 3.05) is 115 Å². The van der Waals surface area contributed by atoms with E-state index in [2.05, 4.69) is 96.0 Å². The third-order valence-corrected chi connectivity index (χ3v) is 13.2. The van der Waals surface area contributed by atoms with Crippen LogP contribution in [0.1, 0.15) is 70.1 Å². The number of nitrogens with two attached hydrogens (primary N) is 2. The predicted octanol–water partition coefficient (Wildman–Crippen LogP) is 7.98. The molecule has 4 aromatic rings. The molecule has 0 radical (unpaired) electrons. The zero-order chi connectivity index (χ0) is 53.6. The van der Waals surface area contributed by atoms with Crippen molar-refractivity contribution in [1.82, 2.24) is 5.43 Å². The third-order valence-electron chi connectivity index (χ3n) is 13.2. The van der Waals surface area contributed by atoms with Crippen molar-refractivity contribution < 1.29 is 43.9 Å². The number of hydrazine groups is 1. The van der Waals surface area contributed by atoms with Crippen LogP contribution >= 0.6 is 0 Å². The molecule has 1 aliphatic heterocycles. The van der Waals surface area contributed by atoms with Crippen LogP contribution in [0, 0.1) is 0 Å². The molecule has 0 bridgehead atoms. The minimum absolute atomic E-state index is 0.112. The SMILES string of the molecule is C=C(/C=C\c1ccccc1[NH2+]C)/C(=N/N(C)c1ccc(N(CC)CCc2ccc([NH2+]C)c(/C=C\C(=C)C(C)(NN(C)c3cc(OCCCC)c(N4CCOCC4)cc3OCCCC)C(=O)OC)c2)cc1)C(=O)OC. The largest absolute Gasteiger partial charge is 0.491 e. The topological polar surface area (TPSA) is 151 Å². The molecule has 1 heterocycles. The maximum atomic E-state index is 13.8. The van der Waals surface area contributed by atoms with Crippen LogP contribution in [0.25, 0.3) is 12.2 Å². The number of nitrogens with zero attached hydrogens (tertiary/aromatic N) is 5. The molecule has 0 amide bonds. The van der Waals surface area contributed by atoms with Crippen molar-refractivity contribution in [3.8, 4) is 11.5 Å². The third kappa shape index (κ3) is 15.6. The number of esters is 2. The number of hydrazone groups is 1. The fourth-order valence-electron chi connectivity index (χ4n) is 8.48. The number of rotatable bonds is 29. The standard InChI is InChI=1S/C59H80N8O7/c1-13-16-36-73-54-42-53(67-34-38-72-39-35-67)55(74-37-17-14-2)41-52(54)65(10)63-59(6,58(69)71-12)44(5)23-26-47-40-45(24-31-51(47)61-8)32-33-66(15-3)49-29-27-48(28-30-49)64(9)62-56(57(68)70-11)43(4)22-25-46-20-18-19-21-50(46)60-7/h18-31,40-42,60-61,63H,4-5,13-17,32-39H2,1-3,6-12H3/p+2/b25-22-,26-23-,62-56-. The van der Waals surface area contributed by atoms with E-state index in [1.165, 1.54) is 14.2 Å². The molecule has 0 spiro atoms. The molecule has 1 saturated heterocycles. The molecule has 0 aliphatic carbocycles. The molecular weight excluding hydrogens is 933 g/mol. The number of anilines is 4. The Morgan fingerprint density at radius 3 is 2.08 bits per heavy atom. The van der Waals surface area contributed by atoms with Crippen LogP contribution in [0.15, 0.2) is 120 Å². The van der Waals surface area contributed by atoms with Gasteiger partial charge in [0.1, 0.15) is 22.9 Å². The summed E-state index contributed by atoms with van der Waals surface area (Å²) in [4.78, 5) is 31.3. The minimum Gasteiger partial charge on any atom is -0.491 e. The van der Waals surface area contributed by atoms with E-state index in [9.17, 15) is 9.59 Å². The highest BCUT2D eigenvalue weighted by Crippen LogP contribution is 2.41. The van der Waals surface area contributed by atoms with Crippen LogP contribution in [0.5, 0.6) is 11.5 Å². The van der Waals surface area contributed by atoms with Crippen LogP contribution in [0.2, 0.25) is 0 Å². The van der Waals surface area contributed by atoms with Crippen molar-refractivity contribution in [3.05, 3.63) is 132 Å². The summed E-state index contributed by atoms with van der Waals surface area (Å²) in [5, 5.41) is 12.2. The fraction of sp³-hybridized carbons (Fsp3) is 0.407. The number of methoxy groups -OCH3 is 2. The Bertz CT molecular complexity index is 2590. The Labute approximate surface area is 440 Å². The van der Waals surface area contributed by atoms with Crippen LogP contribution < -0.4 is 45.4 Å². The number of allylic oxidation sites excluding steroid dienone is 1. The monoisotopic (exact) mass is 1010 g/mol. The molecule has 4 aromatic carbocycles. The van der Waals surface area contributed by atoms with Gasteiger partial charge in [0.2, 0.25) is 0 Å². The van der Waals surface area contributed by atoms with E-state index in [1.807, 2.05) is 92.2 Å². The van der Waals surface area contributed by atoms with Gasteiger partial charge in [-0.15, -0.1) is 0 Å². The van der Waals surface area contributed by atoms with Crippen molar-refractivity contribution >= 4 is 63.9 Å². The molecule has 15 nitrogen and oxygen atoms in total. The first-order chi connectivity index (χ1) is 35.7. The molecule has 1 unspecified atom stereocenters. The van der Waals surface area contributed by atoms with Crippen LogP contribution in [0.3, 0.4) is 0 Å². The molecule has 1 aliphatic rings. The molecule has 15 heteroatoms. The van der Waals surface area contributed by atoms with E-state index < -0.39 is 17.5 Å². The Morgan fingerprint density at radius 2 is 1.45 bits per heavy atom. The number of quaternary nitrogens is 2. The van der Waals surface area contributed by atoms with Gasteiger partial charge in [-0.1, -0.05) is 70.2 Å². The van der Waals surface area contributed by atoms with E-state index in [0.717, 1.165) is 115 Å². The number of hydrogen-bond acceptors (Lipinski definition) is 13. The minimum atomic E-state index is -1.37. The number of para-hydroxylation sites is 1. The summed E-state index contributed by atoms with van der Waals surface area (Å²) in [5.41, 5.74) is 12.0. The number of morpholine rings is 1. The summed E-state index contributed by atoms with van der Waals surface area (Å²) in [7, 11) is 10.4. The zero-order valence-corrected chi connectivity index (χ0v) is 45.7. The first-order valence-corrected chi connectivity index (χ1v) is 25.9. The number of carbonyl (C=O) groups is 2. The molecule has 0 aromatic heterocycles. The van der Waals surface area contributed by atoms with Crippen LogP contribution in [0.4, 0.5) is 34.1 Å². The van der Waals surface area contributed by atoms with Gasteiger partial charge in [0.25, 0.3) is 0 Å². The average Bonchev–Trinajstić information content (AvgIpc) is 3.43. The average molecular weight is 1020 g/mol. The Hall–Kier alpha value is -6.91. The van der Waals surface area contributed by atoms with E-state index in [0.29, 0.717) is 43.3 Å². The van der Waals surface area contributed by atoms with Gasteiger partial charge in [0, 0.05) is 74.8 Å². The second-order valence-corrected chi connectivity index (χ2v) is 18.3. The Kier molecular flexibility index (Phi) is 22.8. The first-order valence-electron chi connectivity index (χ1n) is 25.9. The van der Waals surface area contributed by atoms with E-state index >= 15 is 0 Å². The molecule has 1 atom stereocenters. The van der Waals surface area contributed by atoms with E-state index in [-0.39, 0.29) is 5.71 Å². The number of unbranched alkanes of at least 4 members (excludes halogenated alkanes) is 2. The van der Waals surface area contributed by atoms with E-state index in [4.69, 9.17) is 23.7 Å². The van der Waals surface area contributed by atoms with Gasteiger partial charge in [-0.2, -0.15) is 5.10 Å². The first kappa shape index (κ1) is 58.0. The summed E-state index contributed by atoms with van der Waals surface area (Å²) < 4.78 is 29.1. The number of nitrogens with one attached hydrogen (secondary N) is 1. The molecule has 0 saturated carbocycles. The number of ether oxygens (including phenoxy) is 5. The molecule has 1 fully saturated rings. The lowest BCUT2D eigenvalue weighted by Crippen LogP contribution is -2.73. The van der Waals surface area contributed by atoms with Crippen LogP contribution in [-0.2, 0) is 30.2 Å². The maximum Gasteiger partial charge on any atom is 0.359 e. The normalized spacial score (nSPS) is 13.6. The summed E-state index contributed by atoms with van der Waals surface area (Å²) in [5.74, 6) is 0.354. The molecule has 5 rings (SSSR count). The van der Waals surface area contributed by atoms with Gasteiger partial charge >= 0.3 is 11.9 Å². The highest BCUT2D eigenvalue weighted by Gasteiger charge is 2.38. The second-order valence-electron chi connectivity index (χ2n) is 18.3. The smallest absolute Gasteiger partial charge is 0.359 e. The van der Waals surface area contributed by atoms with Crippen LogP contribution in [-0.4, -0.2) is 118 Å². The molecular formula is C59H82N8O7+2. The van der Waals surface area contributed by atoms with Gasteiger partial charge in [-0.3, -0.25) is 5.01 Å². The van der Waals surface area contributed by atoms with Gasteiger partial charge in [-0.05, 0) is 105 Å². The number of carbonyl (C=O) groups excluding carboxylic acids is 2. The van der Waals surface area contributed by atoms with Gasteiger partial charge in [0.05, 0.1) is 71.8 Å². The van der Waals surface area contributed by atoms with Crippen molar-refractivity contribution in [3.63, 3.8) is 0 Å². The number of hydrogen-bond donors (Lipinski definition) is 3. The number of likely N-dealkylation sites (N-methyl/N-ethyl adjacent to an activating group) is 1. The van der Waals surface area contributed by atoms with E-state index in [1.54, 1.807) is 25.1 Å². The molecule has 5 N–H and O–H groups in total. The summed E-state index contributed by atoms with van der Waals surface area (Å²) >= 11 is 0. The second kappa shape index (κ2) is 29.1.